The van der Waals surface area contributed by atoms with Gasteiger partial charge in [0.1, 0.15) is 6.26 Å². The van der Waals surface area contributed by atoms with Crippen molar-refractivity contribution in [2.75, 3.05) is 13.6 Å². The van der Waals surface area contributed by atoms with Crippen molar-refractivity contribution in [2.24, 2.45) is 0 Å². The average Bonchev–Trinajstić information content (AvgIpc) is 2.87. The highest BCUT2D eigenvalue weighted by molar-refractivity contribution is 5.78. The van der Waals surface area contributed by atoms with Crippen LogP contribution in [0.3, 0.4) is 0 Å². The molecule has 1 aromatic heterocycles. The zero-order valence-corrected chi connectivity index (χ0v) is 14.2. The fourth-order valence-electron chi connectivity index (χ4n) is 2.18. The van der Waals surface area contributed by atoms with Crippen LogP contribution in [0.1, 0.15) is 26.5 Å². The van der Waals surface area contributed by atoms with Crippen molar-refractivity contribution in [1.82, 2.24) is 15.2 Å². The van der Waals surface area contributed by atoms with Crippen LogP contribution >= 0.6 is 0 Å². The summed E-state index contributed by atoms with van der Waals surface area (Å²) in [5.41, 5.74) is 0.667. The Morgan fingerprint density at radius 2 is 2.00 bits per heavy atom. The average molecular weight is 337 g/mol. The van der Waals surface area contributed by atoms with Gasteiger partial charge in [-0.05, 0) is 46.0 Å². The molecule has 0 aliphatic rings. The summed E-state index contributed by atoms with van der Waals surface area (Å²) in [4.78, 5) is 17.9. The molecule has 0 unspecified atom stereocenters. The summed E-state index contributed by atoms with van der Waals surface area (Å²) in [6.45, 7) is 6.35. The zero-order chi connectivity index (χ0) is 17.9. The molecule has 0 radical (unpaired) electrons. The van der Waals surface area contributed by atoms with Gasteiger partial charge in [0.05, 0.1) is 12.2 Å². The number of nitrogens with one attached hydrogen (secondary N) is 1. The number of aromatic nitrogens is 1. The Kier molecular flexibility index (Phi) is 5.33. The third kappa shape index (κ3) is 5.13. The van der Waals surface area contributed by atoms with E-state index in [0.29, 0.717) is 17.8 Å². The summed E-state index contributed by atoms with van der Waals surface area (Å²) >= 11 is 0. The van der Waals surface area contributed by atoms with E-state index >= 15 is 0 Å². The molecule has 2 aromatic rings. The van der Waals surface area contributed by atoms with E-state index in [9.17, 15) is 13.6 Å². The fourth-order valence-corrected chi connectivity index (χ4v) is 2.18. The van der Waals surface area contributed by atoms with Crippen molar-refractivity contribution in [3.63, 3.8) is 0 Å². The molecule has 24 heavy (non-hydrogen) atoms. The van der Waals surface area contributed by atoms with Crippen LogP contribution in [0, 0.1) is 11.6 Å². The molecule has 130 valence electrons. The number of rotatable bonds is 5. The molecule has 0 saturated heterocycles. The SMILES string of the molecule is CN(CC(=O)NC(C)(C)C)Cc1coc(-c2ccc(F)c(F)c2)n1. The maximum Gasteiger partial charge on any atom is 0.234 e. The molecule has 0 aliphatic carbocycles. The van der Waals surface area contributed by atoms with Gasteiger partial charge in [-0.3, -0.25) is 9.69 Å². The first-order valence-corrected chi connectivity index (χ1v) is 7.53. The number of likely N-dealkylation sites (N-methyl/N-ethyl adjacent to an activating group) is 1. The normalized spacial score (nSPS) is 11.8. The molecular weight excluding hydrogens is 316 g/mol. The van der Waals surface area contributed by atoms with E-state index < -0.39 is 11.6 Å². The molecule has 0 saturated carbocycles. The summed E-state index contributed by atoms with van der Waals surface area (Å²) in [6, 6.07) is 3.46. The third-order valence-electron chi connectivity index (χ3n) is 3.08. The molecule has 7 heteroatoms. The molecule has 1 amide bonds. The van der Waals surface area contributed by atoms with Gasteiger partial charge in [0.2, 0.25) is 11.8 Å². The summed E-state index contributed by atoms with van der Waals surface area (Å²) < 4.78 is 31.5. The first kappa shape index (κ1) is 18.1. The van der Waals surface area contributed by atoms with Crippen LogP contribution in [0.25, 0.3) is 11.5 Å². The van der Waals surface area contributed by atoms with E-state index in [-0.39, 0.29) is 23.9 Å². The highest BCUT2D eigenvalue weighted by atomic mass is 19.2. The summed E-state index contributed by atoms with van der Waals surface area (Å²) in [5, 5.41) is 2.88. The second-order valence-electron chi connectivity index (χ2n) is 6.74. The van der Waals surface area contributed by atoms with Crippen molar-refractivity contribution in [2.45, 2.75) is 32.9 Å². The van der Waals surface area contributed by atoms with Gasteiger partial charge in [0.25, 0.3) is 0 Å². The predicted octanol–water partition coefficient (Wildman–Crippen LogP) is 2.97. The lowest BCUT2D eigenvalue weighted by molar-refractivity contribution is -0.123. The third-order valence-corrected chi connectivity index (χ3v) is 3.08. The first-order valence-electron chi connectivity index (χ1n) is 7.53. The Morgan fingerprint density at radius 3 is 2.62 bits per heavy atom. The Bertz CT molecular complexity index is 723. The topological polar surface area (TPSA) is 58.4 Å². The number of halogens is 2. The molecule has 0 fully saturated rings. The lowest BCUT2D eigenvalue weighted by atomic mass is 10.1. The quantitative estimate of drug-likeness (QED) is 0.911. The van der Waals surface area contributed by atoms with E-state index in [0.717, 1.165) is 12.1 Å². The van der Waals surface area contributed by atoms with Crippen molar-refractivity contribution >= 4 is 5.91 Å². The molecule has 1 heterocycles. The van der Waals surface area contributed by atoms with Crippen LogP contribution in [0.2, 0.25) is 0 Å². The maximum absolute atomic E-state index is 13.3. The number of hydrogen-bond acceptors (Lipinski definition) is 4. The minimum absolute atomic E-state index is 0.0886. The molecule has 1 aromatic carbocycles. The number of carbonyl (C=O) groups excluding carboxylic acids is 1. The predicted molar refractivity (Wildman–Crippen MR) is 86.1 cm³/mol. The number of oxazole rings is 1. The molecule has 1 N–H and O–H groups in total. The number of carbonyl (C=O) groups is 1. The number of amides is 1. The summed E-state index contributed by atoms with van der Waals surface area (Å²) in [5.74, 6) is -1.76. The van der Waals surface area contributed by atoms with Crippen molar-refractivity contribution in [3.05, 3.63) is 41.8 Å². The fraction of sp³-hybridized carbons (Fsp3) is 0.412. The molecule has 5 nitrogen and oxygen atoms in total. The van der Waals surface area contributed by atoms with Gasteiger partial charge >= 0.3 is 0 Å². The molecule has 0 bridgehead atoms. The molecule has 2 rings (SSSR count). The maximum atomic E-state index is 13.3. The number of benzene rings is 1. The van der Waals surface area contributed by atoms with Gasteiger partial charge in [-0.15, -0.1) is 0 Å². The van der Waals surface area contributed by atoms with E-state index in [1.165, 1.54) is 12.3 Å². The van der Waals surface area contributed by atoms with E-state index in [1.54, 1.807) is 11.9 Å². The largest absolute Gasteiger partial charge is 0.444 e. The van der Waals surface area contributed by atoms with Crippen LogP contribution in [-0.2, 0) is 11.3 Å². The van der Waals surface area contributed by atoms with Gasteiger partial charge in [0, 0.05) is 17.6 Å². The highest BCUT2D eigenvalue weighted by Gasteiger charge is 2.16. The Hall–Kier alpha value is -2.28. The minimum Gasteiger partial charge on any atom is -0.444 e. The summed E-state index contributed by atoms with van der Waals surface area (Å²) in [7, 11) is 1.79. The summed E-state index contributed by atoms with van der Waals surface area (Å²) in [6.07, 6.45) is 1.44. The number of nitrogens with zero attached hydrogens (tertiary/aromatic N) is 2. The van der Waals surface area contributed by atoms with E-state index in [4.69, 9.17) is 4.42 Å². The molecular formula is C17H21F2N3O2. The van der Waals surface area contributed by atoms with E-state index in [2.05, 4.69) is 10.3 Å². The van der Waals surface area contributed by atoms with Gasteiger partial charge in [-0.2, -0.15) is 0 Å². The van der Waals surface area contributed by atoms with Crippen molar-refractivity contribution < 1.29 is 18.0 Å². The lowest BCUT2D eigenvalue weighted by Gasteiger charge is -2.22. The second kappa shape index (κ2) is 7.09. The second-order valence-corrected chi connectivity index (χ2v) is 6.74. The van der Waals surface area contributed by atoms with Crippen LogP contribution < -0.4 is 5.32 Å². The van der Waals surface area contributed by atoms with Crippen LogP contribution in [0.5, 0.6) is 0 Å². The lowest BCUT2D eigenvalue weighted by Crippen LogP contribution is -2.45. The highest BCUT2D eigenvalue weighted by Crippen LogP contribution is 2.21. The van der Waals surface area contributed by atoms with E-state index in [1.807, 2.05) is 20.8 Å². The van der Waals surface area contributed by atoms with Crippen LogP contribution in [0.15, 0.2) is 28.9 Å². The van der Waals surface area contributed by atoms with Gasteiger partial charge in [-0.1, -0.05) is 0 Å². The van der Waals surface area contributed by atoms with Gasteiger partial charge < -0.3 is 9.73 Å². The van der Waals surface area contributed by atoms with Crippen LogP contribution in [0.4, 0.5) is 8.78 Å². The van der Waals surface area contributed by atoms with Gasteiger partial charge in [-0.25, -0.2) is 13.8 Å². The van der Waals surface area contributed by atoms with Crippen molar-refractivity contribution in [1.29, 1.82) is 0 Å². The Labute approximate surface area is 139 Å². The smallest absolute Gasteiger partial charge is 0.234 e. The van der Waals surface area contributed by atoms with Crippen LogP contribution in [-0.4, -0.2) is 34.9 Å². The monoisotopic (exact) mass is 337 g/mol. The molecule has 0 spiro atoms. The molecule has 0 aliphatic heterocycles. The van der Waals surface area contributed by atoms with Crippen molar-refractivity contribution in [3.8, 4) is 11.5 Å². The number of hydrogen-bond donors (Lipinski definition) is 1. The minimum atomic E-state index is -0.955. The Morgan fingerprint density at radius 1 is 1.29 bits per heavy atom. The Balaban J connectivity index is 1.98. The molecule has 0 atom stereocenters. The zero-order valence-electron chi connectivity index (χ0n) is 14.2. The first-order chi connectivity index (χ1) is 11.1. The van der Waals surface area contributed by atoms with Gasteiger partial charge in [0.15, 0.2) is 11.6 Å². The standard InChI is InChI=1S/C17H21F2N3O2/c1-17(2,3)21-15(23)9-22(4)8-12-10-24-16(20-12)11-5-6-13(18)14(19)7-11/h5-7,10H,8-9H2,1-4H3,(H,21,23).